The normalized spacial score (nSPS) is 20.6. The maximum atomic E-state index is 12.8. The van der Waals surface area contributed by atoms with Gasteiger partial charge in [0.05, 0.1) is 6.61 Å². The molecule has 0 aromatic carbocycles. The monoisotopic (exact) mass is 835 g/mol. The first-order valence-corrected chi connectivity index (χ1v) is 24.4. The number of ether oxygens (including phenoxy) is 4. The summed E-state index contributed by atoms with van der Waals surface area (Å²) in [7, 11) is -4.60. The van der Waals surface area contributed by atoms with Gasteiger partial charge in [0.1, 0.15) is 36.8 Å². The Morgan fingerprint density at radius 3 is 1.46 bits per heavy atom. The van der Waals surface area contributed by atoms with Gasteiger partial charge in [0, 0.05) is 12.8 Å². The average molecular weight is 835 g/mol. The summed E-state index contributed by atoms with van der Waals surface area (Å²) in [5.74, 6) is -1.98. The van der Waals surface area contributed by atoms with Gasteiger partial charge in [-0.05, 0) is 38.5 Å². The van der Waals surface area contributed by atoms with Crippen LogP contribution in [-0.4, -0.2) is 96.0 Å². The van der Waals surface area contributed by atoms with E-state index in [1.54, 1.807) is 0 Å². The van der Waals surface area contributed by atoms with Crippen molar-refractivity contribution < 1.29 is 56.8 Å². The fourth-order valence-electron chi connectivity index (χ4n) is 7.02. The molecule has 1 heterocycles. The van der Waals surface area contributed by atoms with Crippen LogP contribution >= 0.6 is 0 Å². The number of aliphatic hydroxyl groups is 3. The smallest absolute Gasteiger partial charge is 0.306 e. The van der Waals surface area contributed by atoms with E-state index in [4.69, 9.17) is 18.9 Å². The molecule has 1 aliphatic rings. The standard InChI is InChI=1S/C44H82O12S/c1-3-5-7-9-11-13-15-17-19-21-22-24-26-28-30-32-39(45)53-34-37(35-54-44-43(49)42(48)41(47)38(56-44)36-57(50,51)52)55-40(46)33-31-29-27-25-23-20-18-16-14-12-10-8-6-4-2/h17,19,37-38,41-44,47-49H,3-16,18,20-36H2,1-2H3,(H,50,51,52)/b19-17+/t37-,38-,41-,42?,43?,44+/m1/s1. The average Bonchev–Trinajstić information content (AvgIpc) is 3.17. The lowest BCUT2D eigenvalue weighted by Crippen LogP contribution is -2.60. The van der Waals surface area contributed by atoms with Crippen LogP contribution in [0.25, 0.3) is 0 Å². The molecule has 0 aliphatic carbocycles. The third-order valence-corrected chi connectivity index (χ3v) is 11.3. The lowest BCUT2D eigenvalue weighted by molar-refractivity contribution is -0.297. The van der Waals surface area contributed by atoms with Gasteiger partial charge in [0.15, 0.2) is 12.4 Å². The molecule has 0 spiro atoms. The van der Waals surface area contributed by atoms with Crippen LogP contribution in [0.1, 0.15) is 200 Å². The molecule has 12 nitrogen and oxygen atoms in total. The van der Waals surface area contributed by atoms with Gasteiger partial charge in [0.25, 0.3) is 10.1 Å². The highest BCUT2D eigenvalue weighted by Crippen LogP contribution is 2.24. The lowest BCUT2D eigenvalue weighted by atomic mass is 10.00. The van der Waals surface area contributed by atoms with E-state index in [1.165, 1.54) is 103 Å². The van der Waals surface area contributed by atoms with Crippen LogP contribution in [0.2, 0.25) is 0 Å². The largest absolute Gasteiger partial charge is 0.462 e. The number of unbranched alkanes of at least 4 members (excludes halogenated alkanes) is 24. The van der Waals surface area contributed by atoms with Crippen molar-refractivity contribution in [3.8, 4) is 0 Å². The second-order valence-corrected chi connectivity index (χ2v) is 17.6. The van der Waals surface area contributed by atoms with Crippen LogP contribution in [0.3, 0.4) is 0 Å². The SMILES string of the molecule is CCCCCCCC/C=C/CCCCCCCC(=O)OC[C@H](CO[C@H]1O[C@H](CS(=O)(=O)O)[C@@H](O)C(O)C1O)OC(=O)CCCCCCCCCCCCCCCC. The molecule has 1 fully saturated rings. The number of esters is 2. The Hall–Kier alpha value is -1.61. The number of carbonyl (C=O) groups is 2. The fourth-order valence-corrected chi connectivity index (χ4v) is 7.72. The minimum Gasteiger partial charge on any atom is -0.462 e. The molecule has 0 saturated carbocycles. The number of aliphatic hydroxyl groups excluding tert-OH is 3. The Morgan fingerprint density at radius 1 is 0.579 bits per heavy atom. The molecule has 2 unspecified atom stereocenters. The molecule has 0 aromatic rings. The summed E-state index contributed by atoms with van der Waals surface area (Å²) in [5.41, 5.74) is 0. The highest BCUT2D eigenvalue weighted by molar-refractivity contribution is 7.85. The summed E-state index contributed by atoms with van der Waals surface area (Å²) in [4.78, 5) is 25.4. The Balaban J connectivity index is 2.45. The van der Waals surface area contributed by atoms with Crippen molar-refractivity contribution in [1.29, 1.82) is 0 Å². The maximum Gasteiger partial charge on any atom is 0.306 e. The van der Waals surface area contributed by atoms with E-state index in [9.17, 15) is 37.9 Å². The molecule has 1 aliphatic heterocycles. The van der Waals surface area contributed by atoms with Crippen molar-refractivity contribution >= 4 is 22.1 Å². The van der Waals surface area contributed by atoms with Gasteiger partial charge in [-0.15, -0.1) is 0 Å². The Labute approximate surface area is 346 Å². The van der Waals surface area contributed by atoms with Crippen molar-refractivity contribution in [1.82, 2.24) is 0 Å². The quantitative estimate of drug-likeness (QED) is 0.0200. The van der Waals surface area contributed by atoms with E-state index in [1.807, 2.05) is 0 Å². The number of rotatable bonds is 38. The number of carbonyl (C=O) groups excluding carboxylic acids is 2. The topological polar surface area (TPSA) is 186 Å². The summed E-state index contributed by atoms with van der Waals surface area (Å²) >= 11 is 0. The van der Waals surface area contributed by atoms with Crippen LogP contribution in [-0.2, 0) is 38.7 Å². The molecule has 1 rings (SSSR count). The predicted octanol–water partition coefficient (Wildman–Crippen LogP) is 9.06. The zero-order valence-corrected chi connectivity index (χ0v) is 36.5. The predicted molar refractivity (Wildman–Crippen MR) is 224 cm³/mol. The second kappa shape index (κ2) is 35.2. The van der Waals surface area contributed by atoms with Crippen molar-refractivity contribution in [2.24, 2.45) is 0 Å². The number of hydrogen-bond acceptors (Lipinski definition) is 11. The first-order valence-electron chi connectivity index (χ1n) is 22.7. The van der Waals surface area contributed by atoms with Crippen molar-refractivity contribution in [2.75, 3.05) is 19.0 Å². The Bertz CT molecular complexity index is 1120. The van der Waals surface area contributed by atoms with Crippen LogP contribution < -0.4 is 0 Å². The van der Waals surface area contributed by atoms with Crippen LogP contribution in [0.4, 0.5) is 0 Å². The van der Waals surface area contributed by atoms with Gasteiger partial charge in [-0.2, -0.15) is 8.42 Å². The Morgan fingerprint density at radius 2 is 1.00 bits per heavy atom. The molecule has 0 aromatic heterocycles. The molecule has 336 valence electrons. The second-order valence-electron chi connectivity index (χ2n) is 16.1. The van der Waals surface area contributed by atoms with E-state index in [2.05, 4.69) is 26.0 Å². The highest BCUT2D eigenvalue weighted by atomic mass is 32.2. The van der Waals surface area contributed by atoms with Gasteiger partial charge < -0.3 is 34.3 Å². The lowest BCUT2D eigenvalue weighted by Gasteiger charge is -2.40. The minimum atomic E-state index is -4.60. The van der Waals surface area contributed by atoms with Crippen molar-refractivity contribution in [2.45, 2.75) is 237 Å². The zero-order chi connectivity index (χ0) is 42.0. The maximum absolute atomic E-state index is 12.8. The zero-order valence-electron chi connectivity index (χ0n) is 35.7. The van der Waals surface area contributed by atoms with E-state index in [0.717, 1.165) is 57.8 Å². The highest BCUT2D eigenvalue weighted by Gasteiger charge is 2.46. The molecule has 6 atom stereocenters. The van der Waals surface area contributed by atoms with Crippen LogP contribution in [0, 0.1) is 0 Å². The van der Waals surface area contributed by atoms with Gasteiger partial charge in [-0.1, -0.05) is 161 Å². The van der Waals surface area contributed by atoms with Crippen molar-refractivity contribution in [3.05, 3.63) is 12.2 Å². The summed E-state index contributed by atoms with van der Waals surface area (Å²) in [6, 6.07) is 0. The minimum absolute atomic E-state index is 0.168. The van der Waals surface area contributed by atoms with Gasteiger partial charge in [-0.3, -0.25) is 14.1 Å². The molecule has 0 amide bonds. The molecule has 4 N–H and O–H groups in total. The third kappa shape index (κ3) is 30.1. The summed E-state index contributed by atoms with van der Waals surface area (Å²) in [5, 5.41) is 30.9. The van der Waals surface area contributed by atoms with E-state index < -0.39 is 71.2 Å². The van der Waals surface area contributed by atoms with Gasteiger partial charge >= 0.3 is 11.9 Å². The number of allylic oxidation sites excluding steroid dienone is 2. The first kappa shape index (κ1) is 53.4. The van der Waals surface area contributed by atoms with Crippen LogP contribution in [0.5, 0.6) is 0 Å². The van der Waals surface area contributed by atoms with E-state index >= 15 is 0 Å². The molecule has 13 heteroatoms. The van der Waals surface area contributed by atoms with E-state index in [0.29, 0.717) is 12.8 Å². The molecule has 57 heavy (non-hydrogen) atoms. The Kier molecular flexibility index (Phi) is 33.0. The van der Waals surface area contributed by atoms with Gasteiger partial charge in [-0.25, -0.2) is 0 Å². The number of hydrogen-bond donors (Lipinski definition) is 4. The summed E-state index contributed by atoms with van der Waals surface area (Å²) in [6.45, 7) is 3.76. The van der Waals surface area contributed by atoms with Gasteiger partial charge in [0.2, 0.25) is 0 Å². The van der Waals surface area contributed by atoms with Crippen LogP contribution in [0.15, 0.2) is 12.2 Å². The molecular formula is C44H82O12S. The summed E-state index contributed by atoms with van der Waals surface area (Å²) < 4.78 is 54.0. The van der Waals surface area contributed by atoms with Crippen molar-refractivity contribution in [3.63, 3.8) is 0 Å². The third-order valence-electron chi connectivity index (χ3n) is 10.6. The van der Waals surface area contributed by atoms with E-state index in [-0.39, 0.29) is 19.4 Å². The fraction of sp³-hybridized carbons (Fsp3) is 0.909. The molecule has 0 radical (unpaired) electrons. The first-order chi connectivity index (χ1) is 27.5. The summed E-state index contributed by atoms with van der Waals surface area (Å²) in [6.07, 6.45) is 26.8. The molecule has 1 saturated heterocycles. The molecular weight excluding hydrogens is 753 g/mol. The molecule has 0 bridgehead atoms.